The first kappa shape index (κ1) is 15.4. The predicted octanol–water partition coefficient (Wildman–Crippen LogP) is 4.81. The highest BCUT2D eigenvalue weighted by molar-refractivity contribution is 6.37. The van der Waals surface area contributed by atoms with Crippen LogP contribution in [0.2, 0.25) is 10.0 Å². The Morgan fingerprint density at radius 1 is 1.17 bits per heavy atom. The predicted molar refractivity (Wildman–Crippen MR) is 81.0 cm³/mol. The highest BCUT2D eigenvalue weighted by Gasteiger charge is 2.18. The molecule has 0 fully saturated rings. The fraction of sp³-hybridized carbons (Fsp3) is 0.615. The van der Waals surface area contributed by atoms with E-state index < -0.39 is 0 Å². The lowest BCUT2D eigenvalue weighted by Gasteiger charge is -2.26. The summed E-state index contributed by atoms with van der Waals surface area (Å²) in [5, 5.41) is 7.63. The van der Waals surface area contributed by atoms with Crippen molar-refractivity contribution < 1.29 is 0 Å². The van der Waals surface area contributed by atoms with Gasteiger partial charge in [0, 0.05) is 12.1 Å². The largest absolute Gasteiger partial charge is 0.369 e. The zero-order valence-electron chi connectivity index (χ0n) is 11.4. The molecule has 1 aromatic heterocycles. The molecule has 0 aromatic carbocycles. The van der Waals surface area contributed by atoms with E-state index >= 15 is 0 Å². The van der Waals surface area contributed by atoms with Crippen molar-refractivity contribution in [2.75, 3.05) is 17.2 Å². The third kappa shape index (κ3) is 4.21. The van der Waals surface area contributed by atoms with Crippen LogP contribution in [0.15, 0.2) is 6.07 Å². The first-order valence-corrected chi connectivity index (χ1v) is 7.03. The molecular weight excluding hydrogens is 269 g/mol. The normalized spacial score (nSPS) is 11.4. The molecule has 0 spiro atoms. The molecule has 0 atom stereocenters. The van der Waals surface area contributed by atoms with Gasteiger partial charge in [0.2, 0.25) is 0 Å². The average Bonchev–Trinajstić information content (AvgIpc) is 2.31. The number of hydrogen-bond acceptors (Lipinski definition) is 3. The van der Waals surface area contributed by atoms with E-state index in [1.165, 1.54) is 0 Å². The smallest absolute Gasteiger partial charge is 0.147 e. The number of nitrogens with zero attached hydrogens (tertiary/aromatic N) is 1. The van der Waals surface area contributed by atoms with Crippen molar-refractivity contribution >= 4 is 34.8 Å². The molecule has 5 heteroatoms. The summed E-state index contributed by atoms with van der Waals surface area (Å²) in [6, 6.07) is 1.72. The van der Waals surface area contributed by atoms with E-state index in [4.69, 9.17) is 23.2 Å². The first-order chi connectivity index (χ1) is 8.39. The Balaban J connectivity index is 2.97. The highest BCUT2D eigenvalue weighted by Crippen LogP contribution is 2.31. The zero-order chi connectivity index (χ0) is 13.8. The van der Waals surface area contributed by atoms with Gasteiger partial charge in [-0.3, -0.25) is 0 Å². The summed E-state index contributed by atoms with van der Waals surface area (Å²) in [6.07, 6.45) is 2.00. The van der Waals surface area contributed by atoms with Crippen LogP contribution in [0.25, 0.3) is 0 Å². The lowest BCUT2D eigenvalue weighted by atomic mass is 10.0. The van der Waals surface area contributed by atoms with Gasteiger partial charge in [-0.25, -0.2) is 4.98 Å². The van der Waals surface area contributed by atoms with Gasteiger partial charge in [-0.05, 0) is 32.8 Å². The van der Waals surface area contributed by atoms with Crippen LogP contribution in [0.4, 0.5) is 11.6 Å². The van der Waals surface area contributed by atoms with Crippen LogP contribution in [0, 0.1) is 0 Å². The fourth-order valence-corrected chi connectivity index (χ4v) is 1.80. The van der Waals surface area contributed by atoms with Gasteiger partial charge in [0.15, 0.2) is 0 Å². The Bertz CT molecular complexity index is 405. The number of pyridine rings is 1. The Hall–Kier alpha value is -0.670. The van der Waals surface area contributed by atoms with Crippen molar-refractivity contribution in [3.05, 3.63) is 16.1 Å². The van der Waals surface area contributed by atoms with Crippen LogP contribution in [0.5, 0.6) is 0 Å². The molecule has 3 nitrogen and oxygen atoms in total. The summed E-state index contributed by atoms with van der Waals surface area (Å²) in [5.74, 6) is 1.35. The molecule has 2 N–H and O–H groups in total. The van der Waals surface area contributed by atoms with Gasteiger partial charge in [-0.2, -0.15) is 0 Å². The second-order valence-corrected chi connectivity index (χ2v) is 5.75. The monoisotopic (exact) mass is 289 g/mol. The fourth-order valence-electron chi connectivity index (χ4n) is 1.33. The van der Waals surface area contributed by atoms with E-state index in [-0.39, 0.29) is 5.54 Å². The van der Waals surface area contributed by atoms with Crippen LogP contribution in [-0.4, -0.2) is 17.1 Å². The standard InChI is InChI=1S/C13H21Cl2N3/c1-5-7-16-11-9(14)8-10(15)12(17-11)18-13(3,4)6-2/h8H,5-7H2,1-4H3,(H2,16,17,18). The van der Waals surface area contributed by atoms with E-state index in [1.54, 1.807) is 6.07 Å². The zero-order valence-corrected chi connectivity index (χ0v) is 12.9. The molecule has 0 aliphatic carbocycles. The van der Waals surface area contributed by atoms with E-state index in [1.807, 2.05) is 0 Å². The van der Waals surface area contributed by atoms with Crippen molar-refractivity contribution in [3.63, 3.8) is 0 Å². The SMILES string of the molecule is CCCNc1nc(NC(C)(C)CC)c(Cl)cc1Cl. The number of halogens is 2. The average molecular weight is 290 g/mol. The number of hydrogen-bond donors (Lipinski definition) is 2. The van der Waals surface area contributed by atoms with Gasteiger partial charge in [-0.1, -0.05) is 37.0 Å². The van der Waals surface area contributed by atoms with E-state index in [2.05, 4.69) is 43.3 Å². The van der Waals surface area contributed by atoms with Gasteiger partial charge < -0.3 is 10.6 Å². The Kier molecular flexibility index (Phi) is 5.54. The maximum atomic E-state index is 6.16. The minimum absolute atomic E-state index is 0.0491. The molecule has 18 heavy (non-hydrogen) atoms. The van der Waals surface area contributed by atoms with Gasteiger partial charge in [0.25, 0.3) is 0 Å². The summed E-state index contributed by atoms with van der Waals surface area (Å²) in [5.41, 5.74) is -0.0491. The summed E-state index contributed by atoms with van der Waals surface area (Å²) in [7, 11) is 0. The van der Waals surface area contributed by atoms with Gasteiger partial charge in [0.1, 0.15) is 11.6 Å². The number of anilines is 2. The molecule has 1 rings (SSSR count). The van der Waals surface area contributed by atoms with Gasteiger partial charge >= 0.3 is 0 Å². The minimum Gasteiger partial charge on any atom is -0.369 e. The summed E-state index contributed by atoms with van der Waals surface area (Å²) in [4.78, 5) is 4.46. The van der Waals surface area contributed by atoms with Crippen LogP contribution in [-0.2, 0) is 0 Å². The van der Waals surface area contributed by atoms with Crippen LogP contribution < -0.4 is 10.6 Å². The molecule has 0 aliphatic rings. The van der Waals surface area contributed by atoms with E-state index in [0.717, 1.165) is 19.4 Å². The van der Waals surface area contributed by atoms with Crippen LogP contribution in [0.3, 0.4) is 0 Å². The second kappa shape index (κ2) is 6.48. The maximum absolute atomic E-state index is 6.16. The molecule has 0 saturated heterocycles. The van der Waals surface area contributed by atoms with Crippen molar-refractivity contribution in [2.24, 2.45) is 0 Å². The molecule has 1 aromatic rings. The molecule has 102 valence electrons. The molecular formula is C13H21Cl2N3. The number of rotatable bonds is 6. The van der Waals surface area contributed by atoms with Crippen LogP contribution >= 0.6 is 23.2 Å². The second-order valence-electron chi connectivity index (χ2n) is 4.94. The lowest BCUT2D eigenvalue weighted by Crippen LogP contribution is -2.30. The van der Waals surface area contributed by atoms with Gasteiger partial charge in [-0.15, -0.1) is 0 Å². The van der Waals surface area contributed by atoms with Crippen molar-refractivity contribution in [1.82, 2.24) is 4.98 Å². The molecule has 0 saturated carbocycles. The lowest BCUT2D eigenvalue weighted by molar-refractivity contribution is 0.545. The van der Waals surface area contributed by atoms with Crippen molar-refractivity contribution in [1.29, 1.82) is 0 Å². The van der Waals surface area contributed by atoms with Crippen LogP contribution in [0.1, 0.15) is 40.5 Å². The maximum Gasteiger partial charge on any atom is 0.147 e. The number of aromatic nitrogens is 1. The van der Waals surface area contributed by atoms with Crippen molar-refractivity contribution in [2.45, 2.75) is 46.1 Å². The third-order valence-electron chi connectivity index (χ3n) is 2.81. The summed E-state index contributed by atoms with van der Waals surface area (Å²) < 4.78 is 0. The van der Waals surface area contributed by atoms with Gasteiger partial charge in [0.05, 0.1) is 10.0 Å². The van der Waals surface area contributed by atoms with E-state index in [9.17, 15) is 0 Å². The minimum atomic E-state index is -0.0491. The summed E-state index contributed by atoms with van der Waals surface area (Å²) >= 11 is 12.3. The third-order valence-corrected chi connectivity index (χ3v) is 3.39. The summed E-state index contributed by atoms with van der Waals surface area (Å²) in [6.45, 7) is 9.27. The highest BCUT2D eigenvalue weighted by atomic mass is 35.5. The number of nitrogens with one attached hydrogen (secondary N) is 2. The topological polar surface area (TPSA) is 37.0 Å². The molecule has 0 bridgehead atoms. The Labute approximate surface area is 119 Å². The molecule has 0 aliphatic heterocycles. The molecule has 0 radical (unpaired) electrons. The van der Waals surface area contributed by atoms with Crippen molar-refractivity contribution in [3.8, 4) is 0 Å². The Morgan fingerprint density at radius 3 is 2.33 bits per heavy atom. The quantitative estimate of drug-likeness (QED) is 0.789. The molecule has 0 amide bonds. The Morgan fingerprint density at radius 2 is 1.78 bits per heavy atom. The molecule has 0 unspecified atom stereocenters. The first-order valence-electron chi connectivity index (χ1n) is 6.27. The van der Waals surface area contributed by atoms with E-state index in [0.29, 0.717) is 21.7 Å². The molecule has 1 heterocycles.